The second-order valence-electron chi connectivity index (χ2n) is 16.5. The van der Waals surface area contributed by atoms with Crippen molar-refractivity contribution in [2.24, 2.45) is 0 Å². The van der Waals surface area contributed by atoms with Gasteiger partial charge in [-0.05, 0) is 111 Å². The van der Waals surface area contributed by atoms with E-state index in [0.29, 0.717) is 37.8 Å². The summed E-state index contributed by atoms with van der Waals surface area (Å²) in [5.41, 5.74) is 10.7. The number of aromatic nitrogens is 6. The highest BCUT2D eigenvalue weighted by atomic mass is 79.9. The molecule has 0 spiro atoms. The number of hydrogen-bond acceptors (Lipinski definition) is 15. The maximum absolute atomic E-state index is 11.8. The highest BCUT2D eigenvalue weighted by Crippen LogP contribution is 2.32. The molecule has 0 saturated heterocycles. The lowest BCUT2D eigenvalue weighted by Crippen LogP contribution is -2.24. The van der Waals surface area contributed by atoms with Crippen molar-refractivity contribution in [1.82, 2.24) is 35.2 Å². The molecule has 0 bridgehead atoms. The van der Waals surface area contributed by atoms with Crippen LogP contribution in [-0.4, -0.2) is 126 Å². The third-order valence-corrected chi connectivity index (χ3v) is 12.3. The first-order chi connectivity index (χ1) is 38.8. The number of carboxylic acid groups (broad SMARTS) is 1. The van der Waals surface area contributed by atoms with Crippen LogP contribution in [-0.2, 0) is 9.47 Å². The first kappa shape index (κ1) is 61.5. The van der Waals surface area contributed by atoms with Crippen LogP contribution < -0.4 is 15.1 Å². The molecule has 6 aromatic carbocycles. The van der Waals surface area contributed by atoms with Gasteiger partial charge in [0.1, 0.15) is 21.7 Å². The Labute approximate surface area is 471 Å². The summed E-state index contributed by atoms with van der Waals surface area (Å²) in [5.74, 6) is -0.121. The predicted octanol–water partition coefficient (Wildman–Crippen LogP) is 12.4. The van der Waals surface area contributed by atoms with Gasteiger partial charge in [0.2, 0.25) is 0 Å². The number of hydrogen-bond donors (Lipinski definition) is 3. The number of ether oxygens (including phenoxy) is 2. The van der Waals surface area contributed by atoms with Crippen molar-refractivity contribution in [2.75, 3.05) is 77.6 Å². The molecule has 0 radical (unpaired) electrons. The minimum atomic E-state index is -1.00. The summed E-state index contributed by atoms with van der Waals surface area (Å²) in [6, 6.07) is 45.0. The molecule has 0 aliphatic rings. The van der Waals surface area contributed by atoms with Crippen LogP contribution in [0.25, 0.3) is 66.9 Å². The number of nitrogens with zero attached hydrogens (tertiary/aromatic N) is 8. The van der Waals surface area contributed by atoms with Gasteiger partial charge in [-0.3, -0.25) is 4.39 Å². The molecule has 18 heteroatoms. The first-order valence-electron chi connectivity index (χ1n) is 26.2. The van der Waals surface area contributed by atoms with Crippen LogP contribution in [0.1, 0.15) is 74.0 Å². The molecule has 3 heterocycles. The summed E-state index contributed by atoms with van der Waals surface area (Å²) in [4.78, 5) is 67.1. The molecule has 16 nitrogen and oxygen atoms in total. The lowest BCUT2D eigenvalue weighted by Gasteiger charge is -2.23. The summed E-state index contributed by atoms with van der Waals surface area (Å²) in [7, 11) is 2.73. The molecule has 3 aromatic heterocycles. The van der Waals surface area contributed by atoms with Gasteiger partial charge in [0.05, 0.1) is 72.5 Å². The third kappa shape index (κ3) is 17.1. The largest absolute Gasteiger partial charge is 0.478 e. The molecule has 0 aliphatic heterocycles. The zero-order chi connectivity index (χ0) is 58.6. The average molecular weight is 1140 g/mol. The lowest BCUT2D eigenvalue weighted by atomic mass is 10.1. The predicted molar refractivity (Wildman–Crippen MR) is 319 cm³/mol. The number of aliphatic hydroxyl groups excluding tert-OH is 1. The van der Waals surface area contributed by atoms with Crippen molar-refractivity contribution < 1.29 is 39.8 Å². The molecule has 0 fully saturated rings. The van der Waals surface area contributed by atoms with Gasteiger partial charge in [-0.1, -0.05) is 105 Å². The van der Waals surface area contributed by atoms with Gasteiger partial charge in [0.15, 0.2) is 11.6 Å². The van der Waals surface area contributed by atoms with Crippen molar-refractivity contribution >= 4 is 78.6 Å². The Morgan fingerprint density at radius 3 is 1.14 bits per heavy atom. The molecular formula is C61H69BrFN9O7. The number of rotatable bonds is 14. The molecule has 414 valence electrons. The second kappa shape index (κ2) is 33.1. The molecular weight excluding hydrogens is 1070 g/mol. The van der Waals surface area contributed by atoms with E-state index in [-0.39, 0.29) is 17.5 Å². The minimum Gasteiger partial charge on any atom is -0.478 e. The van der Waals surface area contributed by atoms with Crippen molar-refractivity contribution in [2.45, 2.75) is 41.5 Å². The maximum atomic E-state index is 11.8. The summed E-state index contributed by atoms with van der Waals surface area (Å²) in [5, 5.41) is 19.3. The normalized spacial score (nSPS) is 10.3. The van der Waals surface area contributed by atoms with Crippen molar-refractivity contribution in [3.8, 4) is 33.8 Å². The summed E-state index contributed by atoms with van der Waals surface area (Å²) in [6.45, 7) is 18.0. The number of fused-ring (bicyclic) bond motifs is 3. The monoisotopic (exact) mass is 1140 g/mol. The van der Waals surface area contributed by atoms with E-state index in [1.807, 2.05) is 97.1 Å². The van der Waals surface area contributed by atoms with E-state index >= 15 is 0 Å². The molecule has 0 unspecified atom stereocenters. The number of alkyl halides is 1. The van der Waals surface area contributed by atoms with Crippen LogP contribution in [0, 0.1) is 0 Å². The van der Waals surface area contributed by atoms with Crippen LogP contribution in [0.2, 0.25) is 0 Å². The summed E-state index contributed by atoms with van der Waals surface area (Å²) < 4.78 is 25.7. The molecule has 0 saturated carbocycles. The van der Waals surface area contributed by atoms with Crippen LogP contribution in [0.5, 0.6) is 0 Å². The molecule has 79 heavy (non-hydrogen) atoms. The number of halogens is 2. The van der Waals surface area contributed by atoms with Gasteiger partial charge in [-0.25, -0.2) is 44.3 Å². The van der Waals surface area contributed by atoms with Crippen LogP contribution in [0.3, 0.4) is 0 Å². The van der Waals surface area contributed by atoms with Crippen molar-refractivity contribution in [3.63, 3.8) is 0 Å². The van der Waals surface area contributed by atoms with Crippen LogP contribution >= 0.6 is 15.9 Å². The van der Waals surface area contributed by atoms with Gasteiger partial charge >= 0.3 is 17.9 Å². The van der Waals surface area contributed by atoms with Gasteiger partial charge in [0.25, 0.3) is 0 Å². The van der Waals surface area contributed by atoms with E-state index in [9.17, 15) is 23.9 Å². The highest BCUT2D eigenvalue weighted by molar-refractivity contribution is 9.10. The Hall–Kier alpha value is -8.32. The van der Waals surface area contributed by atoms with E-state index in [4.69, 9.17) is 35.9 Å². The molecule has 0 aliphatic carbocycles. The van der Waals surface area contributed by atoms with Crippen LogP contribution in [0.4, 0.5) is 16.0 Å². The van der Waals surface area contributed by atoms with Gasteiger partial charge in [-0.2, -0.15) is 0 Å². The topological polar surface area (TPSA) is 206 Å². The summed E-state index contributed by atoms with van der Waals surface area (Å²) in [6.07, 6.45) is 0. The van der Waals surface area contributed by atoms with E-state index in [1.54, 1.807) is 48.5 Å². The van der Waals surface area contributed by atoms with Gasteiger partial charge in [0, 0.05) is 50.0 Å². The van der Waals surface area contributed by atoms with Crippen molar-refractivity contribution in [1.29, 1.82) is 0 Å². The van der Waals surface area contributed by atoms with E-state index in [1.165, 1.54) is 14.2 Å². The Kier molecular flexibility index (Phi) is 25.8. The quantitative estimate of drug-likeness (QED) is 0.0866. The number of carboxylic acids is 1. The number of carbonyl (C=O) groups excluding carboxylic acids is 2. The Morgan fingerprint density at radius 1 is 0.506 bits per heavy atom. The lowest BCUT2D eigenvalue weighted by molar-refractivity contribution is 0.0592. The summed E-state index contributed by atoms with van der Waals surface area (Å²) >= 11 is 3.44. The third-order valence-electron chi connectivity index (χ3n) is 11.8. The molecule has 9 aromatic rings. The van der Waals surface area contributed by atoms with Gasteiger partial charge in [-0.15, -0.1) is 0 Å². The standard InChI is InChI=1S/C20H21N3O2.C19H19N3O2.C16H11BrN2O2.C4H11N.CH3F.CH4O/c1-4-23(5-2)19-18(14-9-7-6-8-10-14)21-16-12-11-15(20(24)25-3)13-17(16)22-19;1-3-22(4-2)18-17(13-8-6-5-7-9-13)20-15-11-10-14(19(23)24)12-16(15)21-18;1-21-16(20)11-7-8-12-13(9-11)19-15(17)14(18-12)10-5-3-2-4-6-10;1-3-5-4-2;2*1-2/h6-13H,4-5H2,1-3H3;5-12H,3-4H2,1-2H3,(H,23,24);2-9H,1H3;5H,3-4H2,1-2H3;1H3;2H,1H3/i;;;;1D;. The number of benzene rings is 6. The van der Waals surface area contributed by atoms with E-state index < -0.39 is 13.1 Å². The molecule has 0 amide bonds. The maximum Gasteiger partial charge on any atom is 0.337 e. The van der Waals surface area contributed by atoms with E-state index in [2.05, 4.69) is 82.6 Å². The first-order valence-corrected chi connectivity index (χ1v) is 26.3. The fourth-order valence-electron chi connectivity index (χ4n) is 7.84. The van der Waals surface area contributed by atoms with Crippen molar-refractivity contribution in [3.05, 3.63) is 167 Å². The number of esters is 2. The average Bonchev–Trinajstić information content (AvgIpc) is 3.53. The number of carbonyl (C=O) groups is 3. The molecule has 9 rings (SSSR count). The number of methoxy groups -OCH3 is 2. The zero-order valence-corrected chi connectivity index (χ0v) is 47.7. The Bertz CT molecular complexity index is 3380. The number of anilines is 2. The fraction of sp³-hybridized carbons (Fsp3) is 0.262. The zero-order valence-electron chi connectivity index (χ0n) is 47.1. The smallest absolute Gasteiger partial charge is 0.337 e. The highest BCUT2D eigenvalue weighted by Gasteiger charge is 2.19. The van der Waals surface area contributed by atoms with Crippen LogP contribution in [0.15, 0.2) is 150 Å². The SMILES string of the molecule is CCN(CC)c1nc2cc(C(=O)O)ccc2nc1-c1ccccc1.CCN(CC)c1nc2cc(C(=O)OC)ccc2nc1-c1ccccc1.CCNCC.CO.COC(=O)c1ccc2nc(-c3ccccc3)c(Br)nc2c1.[2H]CF. The number of aromatic carboxylic acids is 1. The fourth-order valence-corrected chi connectivity index (χ4v) is 8.35. The Balaban J connectivity index is 0.000000239. The van der Waals surface area contributed by atoms with E-state index in [0.717, 1.165) is 103 Å². The molecule has 0 atom stereocenters. The number of aliphatic hydroxyl groups is 1. The minimum absolute atomic E-state index is 0.217. The second-order valence-corrected chi connectivity index (χ2v) is 17.2. The van der Waals surface area contributed by atoms with Gasteiger partial charge < -0.3 is 34.8 Å². The number of nitrogens with one attached hydrogen (secondary N) is 1. The molecule has 3 N–H and O–H groups in total. The Morgan fingerprint density at radius 2 is 0.823 bits per heavy atom.